The molecule has 3 aromatic rings. The van der Waals surface area contributed by atoms with Crippen LogP contribution in [0.1, 0.15) is 22.7 Å². The van der Waals surface area contributed by atoms with Gasteiger partial charge in [0.2, 0.25) is 0 Å². The van der Waals surface area contributed by atoms with Crippen LogP contribution < -0.4 is 14.2 Å². The Balaban J connectivity index is 1.65. The zero-order chi connectivity index (χ0) is 24.5. The van der Waals surface area contributed by atoms with Crippen LogP contribution in [0.2, 0.25) is 0 Å². The number of Topliss-reactive ketones (excluding diaryl/α,β-unsaturated/α-hetero) is 1. The number of aliphatic hydroxyl groups is 1. The average Bonchev–Trinajstić information content (AvgIpc) is 3.14. The zero-order valence-electron chi connectivity index (χ0n) is 18.9. The molecular weight excluding hydrogens is 450 g/mol. The maximum absolute atomic E-state index is 13.3. The highest BCUT2D eigenvalue weighted by Gasteiger charge is 2.46. The number of ether oxygens (including phenoxy) is 3. The van der Waals surface area contributed by atoms with E-state index in [1.807, 2.05) is 30.3 Å². The number of amides is 1. The van der Waals surface area contributed by atoms with E-state index in [4.69, 9.17) is 14.2 Å². The Morgan fingerprint density at radius 2 is 1.74 bits per heavy atom. The van der Waals surface area contributed by atoms with Crippen molar-refractivity contribution in [3.05, 3.63) is 89.0 Å². The molecule has 0 spiro atoms. The van der Waals surface area contributed by atoms with Crippen LogP contribution in [-0.2, 0) is 16.1 Å². The first-order valence-corrected chi connectivity index (χ1v) is 11.1. The van der Waals surface area contributed by atoms with Gasteiger partial charge in [0.15, 0.2) is 23.0 Å². The molecule has 1 atom stereocenters. The summed E-state index contributed by atoms with van der Waals surface area (Å²) in [5.41, 5.74) is 1.59. The van der Waals surface area contributed by atoms with Crippen LogP contribution in [0.4, 0.5) is 0 Å². The van der Waals surface area contributed by atoms with Crippen molar-refractivity contribution in [3.8, 4) is 23.0 Å². The van der Waals surface area contributed by atoms with Gasteiger partial charge in [0.05, 0.1) is 18.7 Å². The van der Waals surface area contributed by atoms with Crippen LogP contribution in [0.3, 0.4) is 0 Å². The molecule has 2 heterocycles. The molecule has 0 radical (unpaired) electrons. The molecule has 8 nitrogen and oxygen atoms in total. The number of hydrogen-bond donors (Lipinski definition) is 2. The number of likely N-dealkylation sites (tertiary alicyclic amines) is 1. The number of hydrogen-bond acceptors (Lipinski definition) is 7. The van der Waals surface area contributed by atoms with Crippen LogP contribution in [0.25, 0.3) is 5.76 Å². The summed E-state index contributed by atoms with van der Waals surface area (Å²) in [6.45, 7) is 0.939. The highest BCUT2D eigenvalue weighted by atomic mass is 16.6. The maximum Gasteiger partial charge on any atom is 0.295 e. The van der Waals surface area contributed by atoms with Crippen molar-refractivity contribution in [1.29, 1.82) is 0 Å². The number of carbonyl (C=O) groups is 2. The Hall–Kier alpha value is -4.46. The van der Waals surface area contributed by atoms with Crippen molar-refractivity contribution in [3.63, 3.8) is 0 Å². The van der Waals surface area contributed by atoms with Gasteiger partial charge in [-0.2, -0.15) is 0 Å². The number of fused-ring (bicyclic) bond motifs is 1. The number of ketones is 1. The molecule has 0 aromatic heterocycles. The first kappa shape index (κ1) is 22.3. The van der Waals surface area contributed by atoms with Gasteiger partial charge in [-0.25, -0.2) is 0 Å². The minimum atomic E-state index is -0.905. The van der Waals surface area contributed by atoms with Gasteiger partial charge < -0.3 is 29.3 Å². The third-order valence-corrected chi connectivity index (χ3v) is 6.07. The first-order valence-electron chi connectivity index (χ1n) is 11.1. The van der Waals surface area contributed by atoms with Crippen molar-refractivity contribution in [1.82, 2.24) is 4.90 Å². The molecule has 35 heavy (non-hydrogen) atoms. The minimum Gasteiger partial charge on any atom is -0.507 e. The monoisotopic (exact) mass is 473 g/mol. The van der Waals surface area contributed by atoms with Crippen molar-refractivity contribution in [2.45, 2.75) is 12.6 Å². The molecule has 8 heteroatoms. The summed E-state index contributed by atoms with van der Waals surface area (Å²) >= 11 is 0. The Kier molecular flexibility index (Phi) is 5.78. The van der Waals surface area contributed by atoms with Crippen molar-refractivity contribution < 1.29 is 34.0 Å². The van der Waals surface area contributed by atoms with Gasteiger partial charge in [-0.1, -0.05) is 36.4 Å². The van der Waals surface area contributed by atoms with Gasteiger partial charge in [0.25, 0.3) is 11.7 Å². The fourth-order valence-corrected chi connectivity index (χ4v) is 4.38. The topological polar surface area (TPSA) is 106 Å². The van der Waals surface area contributed by atoms with E-state index in [2.05, 4.69) is 0 Å². The van der Waals surface area contributed by atoms with Crippen molar-refractivity contribution in [2.75, 3.05) is 20.3 Å². The normalized spacial score (nSPS) is 18.5. The van der Waals surface area contributed by atoms with Gasteiger partial charge in [0, 0.05) is 12.1 Å². The third-order valence-electron chi connectivity index (χ3n) is 6.07. The molecule has 2 aliphatic rings. The summed E-state index contributed by atoms with van der Waals surface area (Å²) in [6.07, 6.45) is 0. The smallest absolute Gasteiger partial charge is 0.295 e. The fourth-order valence-electron chi connectivity index (χ4n) is 4.38. The van der Waals surface area contributed by atoms with E-state index in [0.29, 0.717) is 35.8 Å². The lowest BCUT2D eigenvalue weighted by Gasteiger charge is -2.26. The summed E-state index contributed by atoms with van der Waals surface area (Å²) in [7, 11) is 1.41. The second-order valence-corrected chi connectivity index (χ2v) is 8.20. The number of carbonyl (C=O) groups excluding carboxylic acids is 2. The SMILES string of the molecule is COc1cc([C@H]2C(=C(O)c3ccc4c(c3)OCCO4)C(=O)C(=O)N2Cc2ccccc2)ccc1O. The van der Waals surface area contributed by atoms with Crippen LogP contribution >= 0.6 is 0 Å². The quantitative estimate of drug-likeness (QED) is 0.330. The van der Waals surface area contributed by atoms with Gasteiger partial charge in [0.1, 0.15) is 19.0 Å². The lowest BCUT2D eigenvalue weighted by molar-refractivity contribution is -0.140. The number of benzene rings is 3. The lowest BCUT2D eigenvalue weighted by atomic mass is 9.94. The highest BCUT2D eigenvalue weighted by Crippen LogP contribution is 2.43. The number of rotatable bonds is 5. The largest absolute Gasteiger partial charge is 0.507 e. The molecule has 2 N–H and O–H groups in total. The van der Waals surface area contributed by atoms with Gasteiger partial charge in [-0.3, -0.25) is 9.59 Å². The van der Waals surface area contributed by atoms with Crippen molar-refractivity contribution in [2.24, 2.45) is 0 Å². The Morgan fingerprint density at radius 1 is 1.00 bits per heavy atom. The molecule has 1 amide bonds. The fraction of sp³-hybridized carbons (Fsp3) is 0.185. The average molecular weight is 473 g/mol. The number of aromatic hydroxyl groups is 1. The molecule has 3 aromatic carbocycles. The van der Waals surface area contributed by atoms with E-state index in [1.165, 1.54) is 18.1 Å². The van der Waals surface area contributed by atoms with Crippen LogP contribution in [0.5, 0.6) is 23.0 Å². The second-order valence-electron chi connectivity index (χ2n) is 8.20. The number of phenols is 1. The standard InChI is InChI=1S/C27H23NO7/c1-33-21-13-17(7-9-19(21)29)24-23(25(30)18-8-10-20-22(14-18)35-12-11-34-20)26(31)27(32)28(24)15-16-5-3-2-4-6-16/h2-10,13-14,24,29-30H,11-12,15H2,1H3/t24-/m0/s1. The highest BCUT2D eigenvalue weighted by molar-refractivity contribution is 6.46. The van der Waals surface area contributed by atoms with E-state index < -0.39 is 17.7 Å². The van der Waals surface area contributed by atoms with E-state index in [0.717, 1.165) is 5.56 Å². The number of phenolic OH excluding ortho intramolecular Hbond substituents is 1. The van der Waals surface area contributed by atoms with Crippen LogP contribution in [0.15, 0.2) is 72.3 Å². The first-order chi connectivity index (χ1) is 17.0. The predicted octanol–water partition coefficient (Wildman–Crippen LogP) is 3.79. The molecule has 5 rings (SSSR count). The van der Waals surface area contributed by atoms with Gasteiger partial charge in [-0.15, -0.1) is 0 Å². The lowest BCUT2D eigenvalue weighted by Crippen LogP contribution is -2.29. The van der Waals surface area contributed by atoms with Crippen molar-refractivity contribution >= 4 is 17.4 Å². The summed E-state index contributed by atoms with van der Waals surface area (Å²) in [5.74, 6) is -0.766. The summed E-state index contributed by atoms with van der Waals surface area (Å²) in [6, 6.07) is 17.8. The van der Waals surface area contributed by atoms with E-state index >= 15 is 0 Å². The summed E-state index contributed by atoms with van der Waals surface area (Å²) < 4.78 is 16.4. The van der Waals surface area contributed by atoms with Gasteiger partial charge in [-0.05, 0) is 41.5 Å². The molecule has 0 saturated carbocycles. The molecule has 0 unspecified atom stereocenters. The Bertz CT molecular complexity index is 1330. The number of nitrogens with zero attached hydrogens (tertiary/aromatic N) is 1. The Morgan fingerprint density at radius 3 is 2.49 bits per heavy atom. The molecular formula is C27H23NO7. The van der Waals surface area contributed by atoms with Crippen LogP contribution in [-0.4, -0.2) is 47.1 Å². The molecule has 0 bridgehead atoms. The number of aliphatic hydroxyl groups excluding tert-OH is 1. The molecule has 2 aliphatic heterocycles. The molecule has 1 fully saturated rings. The van der Waals surface area contributed by atoms with E-state index in [9.17, 15) is 19.8 Å². The van der Waals surface area contributed by atoms with E-state index in [1.54, 1.807) is 30.3 Å². The third kappa shape index (κ3) is 4.03. The molecule has 1 saturated heterocycles. The Labute approximate surface area is 201 Å². The number of methoxy groups -OCH3 is 1. The van der Waals surface area contributed by atoms with Crippen LogP contribution in [0, 0.1) is 0 Å². The second kappa shape index (κ2) is 9.06. The van der Waals surface area contributed by atoms with E-state index in [-0.39, 0.29) is 29.4 Å². The summed E-state index contributed by atoms with van der Waals surface area (Å²) in [5, 5.41) is 21.4. The zero-order valence-corrected chi connectivity index (χ0v) is 18.9. The molecule has 0 aliphatic carbocycles. The minimum absolute atomic E-state index is 0.0599. The maximum atomic E-state index is 13.3. The summed E-state index contributed by atoms with van der Waals surface area (Å²) in [4.78, 5) is 27.9. The molecule has 178 valence electrons. The van der Waals surface area contributed by atoms with Gasteiger partial charge >= 0.3 is 0 Å². The predicted molar refractivity (Wildman–Crippen MR) is 126 cm³/mol.